The number of aliphatic hydroxyl groups is 2. The van der Waals surface area contributed by atoms with Gasteiger partial charge in [0.2, 0.25) is 0 Å². The van der Waals surface area contributed by atoms with Gasteiger partial charge in [-0.1, -0.05) is 18.2 Å². The van der Waals surface area contributed by atoms with Gasteiger partial charge in [0.25, 0.3) is 5.91 Å². The average molecular weight is 510 g/mol. The highest BCUT2D eigenvalue weighted by Crippen LogP contribution is 2.46. The topological polar surface area (TPSA) is 94.7 Å². The molecular formula is C30H31N5O3. The van der Waals surface area contributed by atoms with Crippen LogP contribution < -0.4 is 10.6 Å². The lowest BCUT2D eigenvalue weighted by Gasteiger charge is -2.30. The summed E-state index contributed by atoms with van der Waals surface area (Å²) in [6, 6.07) is 15.0. The number of para-hydroxylation sites is 1. The number of aliphatic hydroxyl groups excluding tert-OH is 2. The van der Waals surface area contributed by atoms with Gasteiger partial charge in [0.1, 0.15) is 0 Å². The molecule has 0 saturated carbocycles. The van der Waals surface area contributed by atoms with Crippen molar-refractivity contribution in [3.63, 3.8) is 0 Å². The second-order valence-corrected chi connectivity index (χ2v) is 11.3. The zero-order valence-corrected chi connectivity index (χ0v) is 21.4. The number of nitrogens with zero attached hydrogens (tertiary/aromatic N) is 3. The number of amides is 1. The minimum absolute atomic E-state index is 0.0471. The summed E-state index contributed by atoms with van der Waals surface area (Å²) in [4.78, 5) is 15.8. The van der Waals surface area contributed by atoms with E-state index in [1.165, 1.54) is 0 Å². The fraction of sp³-hybridized carbons (Fsp3) is 0.367. The number of nitrogens with one attached hydrogen (secondary N) is 2. The van der Waals surface area contributed by atoms with E-state index in [-0.39, 0.29) is 12.5 Å². The number of hydrogen-bond donors (Lipinski definition) is 4. The number of carbonyl (C=O) groups is 1. The summed E-state index contributed by atoms with van der Waals surface area (Å²) in [5, 5.41) is 33.0. The Balaban J connectivity index is 1.48. The number of rotatable bonds is 2. The number of piperidine rings is 1. The van der Waals surface area contributed by atoms with Gasteiger partial charge < -0.3 is 34.9 Å². The Labute approximate surface area is 219 Å². The van der Waals surface area contributed by atoms with Crippen molar-refractivity contribution in [1.29, 1.82) is 0 Å². The monoisotopic (exact) mass is 509 g/mol. The maximum atomic E-state index is 13.4. The summed E-state index contributed by atoms with van der Waals surface area (Å²) in [6.45, 7) is 3.20. The molecule has 1 fully saturated rings. The molecule has 0 radical (unpaired) electrons. The van der Waals surface area contributed by atoms with Gasteiger partial charge >= 0.3 is 0 Å². The lowest BCUT2D eigenvalue weighted by atomic mass is 9.96. The molecular weight excluding hydrogens is 478 g/mol. The molecule has 3 aliphatic heterocycles. The third-order valence-electron chi connectivity index (χ3n) is 9.04. The van der Waals surface area contributed by atoms with Crippen molar-refractivity contribution in [2.45, 2.75) is 50.7 Å². The lowest BCUT2D eigenvalue weighted by molar-refractivity contribution is 0.00168. The van der Waals surface area contributed by atoms with Crippen LogP contribution in [0.3, 0.4) is 0 Å². The fourth-order valence-corrected chi connectivity index (χ4v) is 7.14. The van der Waals surface area contributed by atoms with Crippen LogP contribution in [0.15, 0.2) is 42.5 Å². The van der Waals surface area contributed by atoms with E-state index in [1.54, 1.807) is 0 Å². The molecule has 194 valence electrons. The van der Waals surface area contributed by atoms with Crippen LogP contribution in [0.4, 0.5) is 5.69 Å². The summed E-state index contributed by atoms with van der Waals surface area (Å²) >= 11 is 0. The number of anilines is 1. The number of aromatic nitrogens is 2. The van der Waals surface area contributed by atoms with E-state index in [1.807, 2.05) is 12.1 Å². The molecule has 1 saturated heterocycles. The third-order valence-corrected chi connectivity index (χ3v) is 9.04. The van der Waals surface area contributed by atoms with Gasteiger partial charge in [-0.3, -0.25) is 4.79 Å². The van der Waals surface area contributed by atoms with Crippen LogP contribution in [0.1, 0.15) is 28.8 Å². The molecule has 8 rings (SSSR count). The van der Waals surface area contributed by atoms with Crippen LogP contribution in [-0.4, -0.2) is 68.5 Å². The van der Waals surface area contributed by atoms with Crippen molar-refractivity contribution >= 4 is 55.2 Å². The molecule has 1 amide bonds. The van der Waals surface area contributed by atoms with Crippen molar-refractivity contribution in [3.05, 3.63) is 53.6 Å². The molecule has 2 unspecified atom stereocenters. The highest BCUT2D eigenvalue weighted by atomic mass is 16.3. The predicted molar refractivity (Wildman–Crippen MR) is 150 cm³/mol. The molecule has 0 aliphatic carbocycles. The van der Waals surface area contributed by atoms with Crippen LogP contribution in [0, 0.1) is 0 Å². The molecule has 3 aromatic carbocycles. The Kier molecular flexibility index (Phi) is 4.69. The Bertz CT molecular complexity index is 1790. The summed E-state index contributed by atoms with van der Waals surface area (Å²) in [6.07, 6.45) is 0.350. The van der Waals surface area contributed by atoms with E-state index < -0.39 is 12.2 Å². The maximum Gasteiger partial charge on any atom is 0.252 e. The summed E-state index contributed by atoms with van der Waals surface area (Å²) in [5.74, 6) is -0.0471. The van der Waals surface area contributed by atoms with Gasteiger partial charge in [0.15, 0.2) is 0 Å². The van der Waals surface area contributed by atoms with Gasteiger partial charge in [-0.25, -0.2) is 0 Å². The minimum atomic E-state index is -0.933. The summed E-state index contributed by atoms with van der Waals surface area (Å²) in [7, 11) is 2.17. The molecule has 4 N–H and O–H groups in total. The Morgan fingerprint density at radius 2 is 1.58 bits per heavy atom. The highest BCUT2D eigenvalue weighted by molar-refractivity contribution is 6.31. The zero-order valence-electron chi connectivity index (χ0n) is 21.4. The summed E-state index contributed by atoms with van der Waals surface area (Å²) in [5.41, 5.74) is 6.78. The Morgan fingerprint density at radius 3 is 2.34 bits per heavy atom. The Hall–Kier alpha value is -3.59. The molecule has 3 aliphatic rings. The summed E-state index contributed by atoms with van der Waals surface area (Å²) < 4.78 is 4.27. The number of likely N-dealkylation sites (tertiary alicyclic amines) is 1. The minimum Gasteiger partial charge on any atom is -0.388 e. The standard InChI is InChI=1S/C30H31N5O3/c1-33-10-8-16(9-11-33)32-17-6-7-22-19(12-17)26-27-20(13-31-30(27)38)25-18-4-2-3-5-21(18)34-14-23(36)24(37)15-35(22)29(26)28(25)34/h2-7,12,16,23-24,32,36-37H,8-11,13-15H2,1H3,(H,31,38). The number of hydrogen-bond acceptors (Lipinski definition) is 5. The molecule has 2 aromatic heterocycles. The number of carbonyl (C=O) groups excluding carboxylic acids is 1. The largest absolute Gasteiger partial charge is 0.388 e. The average Bonchev–Trinajstić information content (AvgIpc) is 3.55. The van der Waals surface area contributed by atoms with Crippen molar-refractivity contribution < 1.29 is 15.0 Å². The first-order chi connectivity index (χ1) is 18.5. The van der Waals surface area contributed by atoms with Crippen LogP contribution in [0.25, 0.3) is 43.6 Å². The Morgan fingerprint density at radius 1 is 0.895 bits per heavy atom. The van der Waals surface area contributed by atoms with Crippen LogP contribution in [0.5, 0.6) is 0 Å². The quantitative estimate of drug-likeness (QED) is 0.293. The number of benzene rings is 3. The third kappa shape index (κ3) is 2.99. The maximum absolute atomic E-state index is 13.4. The molecule has 2 atom stereocenters. The zero-order chi connectivity index (χ0) is 25.7. The molecule has 5 heterocycles. The SMILES string of the molecule is CN1CCC(Nc2ccc3c(c2)c2c4c(c5c6ccccc6n6c5c2n3CC(O)C(O)C6)CNC4=O)CC1. The molecule has 8 heteroatoms. The first kappa shape index (κ1) is 22.4. The molecule has 8 nitrogen and oxygen atoms in total. The first-order valence-electron chi connectivity index (χ1n) is 13.6. The normalized spacial score (nSPS) is 22.4. The second-order valence-electron chi connectivity index (χ2n) is 11.3. The number of fused-ring (bicyclic) bond motifs is 9. The molecule has 0 bridgehead atoms. The van der Waals surface area contributed by atoms with Gasteiger partial charge in [-0.05, 0) is 62.8 Å². The van der Waals surface area contributed by atoms with Crippen molar-refractivity contribution in [3.8, 4) is 0 Å². The van der Waals surface area contributed by atoms with E-state index >= 15 is 0 Å². The predicted octanol–water partition coefficient (Wildman–Crippen LogP) is 3.39. The van der Waals surface area contributed by atoms with Crippen molar-refractivity contribution in [1.82, 2.24) is 19.4 Å². The van der Waals surface area contributed by atoms with E-state index in [2.05, 4.69) is 62.0 Å². The van der Waals surface area contributed by atoms with E-state index in [9.17, 15) is 15.0 Å². The van der Waals surface area contributed by atoms with Gasteiger partial charge in [-0.2, -0.15) is 0 Å². The lowest BCUT2D eigenvalue weighted by Crippen LogP contribution is -2.36. The van der Waals surface area contributed by atoms with Crippen LogP contribution in [0.2, 0.25) is 0 Å². The molecule has 38 heavy (non-hydrogen) atoms. The van der Waals surface area contributed by atoms with Crippen molar-refractivity contribution in [2.24, 2.45) is 0 Å². The van der Waals surface area contributed by atoms with Gasteiger partial charge in [0.05, 0.1) is 41.9 Å². The van der Waals surface area contributed by atoms with Gasteiger partial charge in [0, 0.05) is 50.9 Å². The molecule has 0 spiro atoms. The highest BCUT2D eigenvalue weighted by Gasteiger charge is 2.34. The van der Waals surface area contributed by atoms with Gasteiger partial charge in [-0.15, -0.1) is 0 Å². The van der Waals surface area contributed by atoms with Crippen LogP contribution >= 0.6 is 0 Å². The fourth-order valence-electron chi connectivity index (χ4n) is 7.14. The van der Waals surface area contributed by atoms with Crippen LogP contribution in [-0.2, 0) is 19.6 Å². The smallest absolute Gasteiger partial charge is 0.252 e. The van der Waals surface area contributed by atoms with E-state index in [4.69, 9.17) is 0 Å². The van der Waals surface area contributed by atoms with E-state index in [0.29, 0.717) is 19.1 Å². The first-order valence-corrected chi connectivity index (χ1v) is 13.6. The molecule has 5 aromatic rings. The van der Waals surface area contributed by atoms with E-state index in [0.717, 1.165) is 86.4 Å². The second kappa shape index (κ2) is 7.96. The van der Waals surface area contributed by atoms with Crippen molar-refractivity contribution in [2.75, 3.05) is 25.5 Å².